The number of anilines is 1. The molecule has 0 saturated heterocycles. The zero-order valence-electron chi connectivity index (χ0n) is 15.8. The Morgan fingerprint density at radius 3 is 2.53 bits per heavy atom. The SMILES string of the molecule is CN(CC(=O)Nc1ccc(-c2cn3ccsc3n2)cc1)S(=O)(=O)c1ccc(F)cc1. The Bertz CT molecular complexity index is 1270. The molecule has 0 radical (unpaired) electrons. The van der Waals surface area contributed by atoms with Gasteiger partial charge in [0.1, 0.15) is 5.82 Å². The number of amides is 1. The van der Waals surface area contributed by atoms with Crippen molar-refractivity contribution >= 4 is 37.9 Å². The maximum Gasteiger partial charge on any atom is 0.243 e. The number of nitrogens with zero attached hydrogens (tertiary/aromatic N) is 3. The molecule has 0 aliphatic rings. The molecule has 154 valence electrons. The third-order valence-electron chi connectivity index (χ3n) is 4.45. The van der Waals surface area contributed by atoms with Crippen LogP contribution in [0.3, 0.4) is 0 Å². The Hall–Kier alpha value is -3.08. The minimum absolute atomic E-state index is 0.0801. The number of likely N-dealkylation sites (N-methyl/N-ethyl adjacent to an activating group) is 1. The van der Waals surface area contributed by atoms with Gasteiger partial charge in [-0.2, -0.15) is 4.31 Å². The number of benzene rings is 2. The summed E-state index contributed by atoms with van der Waals surface area (Å²) in [4.78, 5) is 17.6. The van der Waals surface area contributed by atoms with Gasteiger partial charge >= 0.3 is 0 Å². The van der Waals surface area contributed by atoms with E-state index in [4.69, 9.17) is 0 Å². The molecule has 0 saturated carbocycles. The fourth-order valence-electron chi connectivity index (χ4n) is 2.87. The van der Waals surface area contributed by atoms with Gasteiger partial charge in [0.05, 0.1) is 17.1 Å². The van der Waals surface area contributed by atoms with Crippen molar-refractivity contribution in [3.8, 4) is 11.3 Å². The quantitative estimate of drug-likeness (QED) is 0.494. The molecular weight excluding hydrogens is 427 g/mol. The van der Waals surface area contributed by atoms with Crippen molar-refractivity contribution in [2.75, 3.05) is 18.9 Å². The standard InChI is InChI=1S/C20H17FN4O3S2/c1-24(30(27,28)17-8-4-15(21)5-9-17)13-19(26)22-16-6-2-14(3-7-16)18-12-25-10-11-29-20(25)23-18/h2-12H,13H2,1H3,(H,22,26). The molecule has 2 aromatic heterocycles. The molecule has 1 amide bonds. The van der Waals surface area contributed by atoms with Crippen LogP contribution >= 0.6 is 11.3 Å². The largest absolute Gasteiger partial charge is 0.325 e. The number of rotatable bonds is 6. The summed E-state index contributed by atoms with van der Waals surface area (Å²) in [5.74, 6) is -1.02. The molecule has 0 spiro atoms. The first-order chi connectivity index (χ1) is 14.3. The van der Waals surface area contributed by atoms with Gasteiger partial charge in [-0.1, -0.05) is 12.1 Å². The van der Waals surface area contributed by atoms with Crippen LogP contribution in [0.1, 0.15) is 0 Å². The number of aromatic nitrogens is 2. The van der Waals surface area contributed by atoms with Crippen LogP contribution in [0.5, 0.6) is 0 Å². The number of carbonyl (C=O) groups is 1. The second-order valence-corrected chi connectivity index (χ2v) is 9.48. The predicted octanol–water partition coefficient (Wildman–Crippen LogP) is 3.46. The third kappa shape index (κ3) is 4.11. The molecule has 10 heteroatoms. The lowest BCUT2D eigenvalue weighted by molar-refractivity contribution is -0.116. The maximum atomic E-state index is 13.0. The van der Waals surface area contributed by atoms with Gasteiger partial charge in [0.25, 0.3) is 0 Å². The van der Waals surface area contributed by atoms with Gasteiger partial charge in [0.2, 0.25) is 15.9 Å². The number of nitrogens with one attached hydrogen (secondary N) is 1. The molecule has 0 fully saturated rings. The Morgan fingerprint density at radius 1 is 1.17 bits per heavy atom. The van der Waals surface area contributed by atoms with E-state index in [1.54, 1.807) is 23.5 Å². The number of sulfonamides is 1. The first-order valence-corrected chi connectivity index (χ1v) is 11.2. The van der Waals surface area contributed by atoms with Crippen LogP contribution in [0.15, 0.2) is 71.2 Å². The Labute approximate surface area is 176 Å². The zero-order chi connectivity index (χ0) is 21.3. The number of carbonyl (C=O) groups excluding carboxylic acids is 1. The monoisotopic (exact) mass is 444 g/mol. The minimum atomic E-state index is -3.90. The molecule has 0 bridgehead atoms. The zero-order valence-corrected chi connectivity index (χ0v) is 17.5. The van der Waals surface area contributed by atoms with Crippen LogP contribution in [0.25, 0.3) is 16.2 Å². The van der Waals surface area contributed by atoms with E-state index >= 15 is 0 Å². The number of fused-ring (bicyclic) bond motifs is 1. The highest BCUT2D eigenvalue weighted by molar-refractivity contribution is 7.89. The van der Waals surface area contributed by atoms with Crippen molar-refractivity contribution in [2.45, 2.75) is 4.90 Å². The number of halogens is 1. The molecule has 0 unspecified atom stereocenters. The molecule has 2 aromatic carbocycles. The molecule has 0 aliphatic heterocycles. The van der Waals surface area contributed by atoms with Crippen LogP contribution in [-0.4, -0.2) is 41.6 Å². The van der Waals surface area contributed by atoms with E-state index in [1.807, 2.05) is 34.3 Å². The summed E-state index contributed by atoms with van der Waals surface area (Å²) in [6.45, 7) is -0.376. The average Bonchev–Trinajstić information content (AvgIpc) is 3.31. The summed E-state index contributed by atoms with van der Waals surface area (Å²) >= 11 is 1.54. The van der Waals surface area contributed by atoms with E-state index in [-0.39, 0.29) is 11.4 Å². The molecule has 30 heavy (non-hydrogen) atoms. The van der Waals surface area contributed by atoms with Crippen LogP contribution < -0.4 is 5.32 Å². The van der Waals surface area contributed by atoms with Crippen LogP contribution in [0.2, 0.25) is 0 Å². The van der Waals surface area contributed by atoms with E-state index in [0.29, 0.717) is 5.69 Å². The van der Waals surface area contributed by atoms with Gasteiger partial charge in [0.15, 0.2) is 4.96 Å². The Balaban J connectivity index is 1.41. The van der Waals surface area contributed by atoms with E-state index in [9.17, 15) is 17.6 Å². The molecular formula is C20H17FN4O3S2. The van der Waals surface area contributed by atoms with Gasteiger partial charge in [0, 0.05) is 36.1 Å². The second kappa shape index (κ2) is 7.98. The lowest BCUT2D eigenvalue weighted by atomic mass is 10.1. The highest BCUT2D eigenvalue weighted by atomic mass is 32.2. The van der Waals surface area contributed by atoms with Gasteiger partial charge in [-0.25, -0.2) is 17.8 Å². The second-order valence-electron chi connectivity index (χ2n) is 6.56. The van der Waals surface area contributed by atoms with Crippen molar-refractivity contribution in [1.29, 1.82) is 0 Å². The minimum Gasteiger partial charge on any atom is -0.325 e. The highest BCUT2D eigenvalue weighted by Crippen LogP contribution is 2.23. The number of hydrogen-bond donors (Lipinski definition) is 1. The summed E-state index contributed by atoms with van der Waals surface area (Å²) in [5.41, 5.74) is 2.27. The van der Waals surface area contributed by atoms with Crippen molar-refractivity contribution in [1.82, 2.24) is 13.7 Å². The summed E-state index contributed by atoms with van der Waals surface area (Å²) in [6, 6.07) is 11.6. The number of hydrogen-bond acceptors (Lipinski definition) is 5. The molecule has 4 rings (SSSR count). The molecule has 0 atom stereocenters. The summed E-state index contributed by atoms with van der Waals surface area (Å²) in [6.07, 6.45) is 3.86. The lowest BCUT2D eigenvalue weighted by Crippen LogP contribution is -2.34. The molecule has 0 aliphatic carbocycles. The van der Waals surface area contributed by atoms with Crippen LogP contribution in [-0.2, 0) is 14.8 Å². The fourth-order valence-corrected chi connectivity index (χ4v) is 4.69. The first kappa shape index (κ1) is 20.2. The molecule has 1 N–H and O–H groups in total. The van der Waals surface area contributed by atoms with Crippen LogP contribution in [0.4, 0.5) is 10.1 Å². The summed E-state index contributed by atoms with van der Waals surface area (Å²) in [7, 11) is -2.60. The Morgan fingerprint density at radius 2 is 1.87 bits per heavy atom. The normalized spacial score (nSPS) is 11.8. The van der Waals surface area contributed by atoms with Crippen molar-refractivity contribution in [3.63, 3.8) is 0 Å². The number of thiazole rings is 1. The van der Waals surface area contributed by atoms with Crippen molar-refractivity contribution in [3.05, 3.63) is 72.1 Å². The van der Waals surface area contributed by atoms with Gasteiger partial charge in [-0.05, 0) is 36.4 Å². The van der Waals surface area contributed by atoms with Gasteiger partial charge in [-0.15, -0.1) is 11.3 Å². The topological polar surface area (TPSA) is 83.8 Å². The van der Waals surface area contributed by atoms with E-state index in [2.05, 4.69) is 10.3 Å². The Kier molecular flexibility index (Phi) is 5.37. The molecule has 7 nitrogen and oxygen atoms in total. The van der Waals surface area contributed by atoms with E-state index in [0.717, 1.165) is 44.8 Å². The fraction of sp³-hybridized carbons (Fsp3) is 0.100. The molecule has 4 aromatic rings. The smallest absolute Gasteiger partial charge is 0.243 e. The highest BCUT2D eigenvalue weighted by Gasteiger charge is 2.23. The summed E-state index contributed by atoms with van der Waals surface area (Å²) in [5, 5.41) is 4.63. The van der Waals surface area contributed by atoms with Crippen molar-refractivity contribution < 1.29 is 17.6 Å². The first-order valence-electron chi connectivity index (χ1n) is 8.87. The van der Waals surface area contributed by atoms with E-state index in [1.165, 1.54) is 7.05 Å². The van der Waals surface area contributed by atoms with Gasteiger partial charge in [-0.3, -0.25) is 9.20 Å². The van der Waals surface area contributed by atoms with Crippen molar-refractivity contribution in [2.24, 2.45) is 0 Å². The van der Waals surface area contributed by atoms with E-state index < -0.39 is 21.7 Å². The lowest BCUT2D eigenvalue weighted by Gasteiger charge is -2.17. The molecule has 2 heterocycles. The number of imidazole rings is 1. The van der Waals surface area contributed by atoms with Crippen LogP contribution in [0, 0.1) is 5.82 Å². The average molecular weight is 445 g/mol. The maximum absolute atomic E-state index is 13.0. The summed E-state index contributed by atoms with van der Waals surface area (Å²) < 4.78 is 40.9. The van der Waals surface area contributed by atoms with Gasteiger partial charge < -0.3 is 5.32 Å². The predicted molar refractivity (Wildman–Crippen MR) is 113 cm³/mol. The third-order valence-corrected chi connectivity index (χ3v) is 7.03.